The Morgan fingerprint density at radius 1 is 1.40 bits per heavy atom. The number of nitrogens with one attached hydrogen (secondary N) is 1. The molecule has 9 heteroatoms. The Kier molecular flexibility index (Phi) is 5.19. The van der Waals surface area contributed by atoms with Crippen LogP contribution in [0.1, 0.15) is 12.0 Å². The van der Waals surface area contributed by atoms with E-state index in [1.807, 2.05) is 0 Å². The topological polar surface area (TPSA) is 92.8 Å². The van der Waals surface area contributed by atoms with E-state index >= 15 is 0 Å². The first-order chi connectivity index (χ1) is 11.8. The number of ether oxygens (including phenoxy) is 1. The number of rotatable bonds is 4. The molecule has 2 amide bonds. The fraction of sp³-hybridized carbons (Fsp3) is 0.500. The lowest BCUT2D eigenvalue weighted by Crippen LogP contribution is -2.41. The number of nitrogens with zero attached hydrogens (tertiary/aromatic N) is 1. The minimum absolute atomic E-state index is 0.0601. The van der Waals surface area contributed by atoms with Gasteiger partial charge < -0.3 is 15.0 Å². The van der Waals surface area contributed by atoms with Gasteiger partial charge in [0, 0.05) is 30.2 Å². The highest BCUT2D eigenvalue weighted by molar-refractivity contribution is 7.91. The average molecular weight is 387 g/mol. The van der Waals surface area contributed by atoms with E-state index in [2.05, 4.69) is 5.32 Å². The number of halogens is 1. The monoisotopic (exact) mass is 386 g/mol. The molecule has 0 spiro atoms. The van der Waals surface area contributed by atoms with Gasteiger partial charge in [-0.05, 0) is 24.6 Å². The van der Waals surface area contributed by atoms with E-state index < -0.39 is 15.8 Å². The molecule has 0 saturated carbocycles. The Morgan fingerprint density at radius 2 is 2.20 bits per heavy atom. The third kappa shape index (κ3) is 4.43. The Bertz CT molecular complexity index is 796. The summed E-state index contributed by atoms with van der Waals surface area (Å²) in [7, 11) is -3.09. The van der Waals surface area contributed by atoms with Crippen molar-refractivity contribution in [3.8, 4) is 5.75 Å². The molecule has 1 aromatic carbocycles. The van der Waals surface area contributed by atoms with E-state index in [0.717, 1.165) is 5.56 Å². The van der Waals surface area contributed by atoms with Crippen LogP contribution in [-0.2, 0) is 26.0 Å². The second-order valence-corrected chi connectivity index (χ2v) is 8.91. The van der Waals surface area contributed by atoms with E-state index in [9.17, 15) is 18.0 Å². The van der Waals surface area contributed by atoms with Gasteiger partial charge in [-0.15, -0.1) is 0 Å². The van der Waals surface area contributed by atoms with Crippen LogP contribution < -0.4 is 10.1 Å². The summed E-state index contributed by atoms with van der Waals surface area (Å²) in [5.41, 5.74) is 0.812. The van der Waals surface area contributed by atoms with Crippen LogP contribution in [0.2, 0.25) is 5.02 Å². The number of fused-ring (bicyclic) bond motifs is 1. The molecule has 0 bridgehead atoms. The fourth-order valence-corrected chi connectivity index (χ4v) is 4.94. The van der Waals surface area contributed by atoms with Crippen LogP contribution in [0.25, 0.3) is 0 Å². The highest BCUT2D eigenvalue weighted by Gasteiger charge is 2.32. The summed E-state index contributed by atoms with van der Waals surface area (Å²) in [6, 6.07) is 5.19. The van der Waals surface area contributed by atoms with Gasteiger partial charge in [0.15, 0.2) is 16.4 Å². The number of sulfone groups is 1. The normalized spacial score (nSPS) is 22.0. The predicted molar refractivity (Wildman–Crippen MR) is 92.1 cm³/mol. The van der Waals surface area contributed by atoms with Crippen molar-refractivity contribution >= 4 is 33.3 Å². The maximum absolute atomic E-state index is 12.2. The van der Waals surface area contributed by atoms with E-state index in [1.165, 1.54) is 0 Å². The van der Waals surface area contributed by atoms with Gasteiger partial charge in [0.25, 0.3) is 5.91 Å². The Balaban J connectivity index is 1.55. The van der Waals surface area contributed by atoms with Crippen LogP contribution in [-0.4, -0.2) is 56.3 Å². The van der Waals surface area contributed by atoms with Crippen molar-refractivity contribution in [2.45, 2.75) is 13.0 Å². The summed E-state index contributed by atoms with van der Waals surface area (Å²) in [5, 5.41) is 3.28. The molecule has 1 unspecified atom stereocenters. The molecular weight excluding hydrogens is 368 g/mol. The lowest BCUT2D eigenvalue weighted by molar-refractivity contribution is -0.133. The van der Waals surface area contributed by atoms with Crippen LogP contribution in [0.15, 0.2) is 18.2 Å². The number of hydrogen-bond donors (Lipinski definition) is 1. The van der Waals surface area contributed by atoms with Crippen LogP contribution in [0.5, 0.6) is 5.75 Å². The van der Waals surface area contributed by atoms with E-state index in [0.29, 0.717) is 30.3 Å². The maximum atomic E-state index is 12.2. The zero-order chi connectivity index (χ0) is 18.0. The van der Waals surface area contributed by atoms with E-state index in [1.54, 1.807) is 23.1 Å². The molecule has 2 aliphatic rings. The summed E-state index contributed by atoms with van der Waals surface area (Å²) in [5.74, 6) is -0.354. The summed E-state index contributed by atoms with van der Waals surface area (Å²) in [6.45, 7) is 0.863. The average Bonchev–Trinajstić information content (AvgIpc) is 2.84. The standard InChI is InChI=1S/C16H19ClN2O5S/c17-13-1-2-14-12(7-13)8-19(15(20)9-24-14)5-4-18-16(21)11-3-6-25(22,23)10-11/h1-2,7,11H,3-6,8-10H2,(H,18,21). The minimum Gasteiger partial charge on any atom is -0.483 e. The molecule has 1 aromatic rings. The Morgan fingerprint density at radius 3 is 2.92 bits per heavy atom. The first-order valence-electron chi connectivity index (χ1n) is 8.01. The van der Waals surface area contributed by atoms with Crippen LogP contribution in [0.4, 0.5) is 0 Å². The van der Waals surface area contributed by atoms with Gasteiger partial charge in [0.05, 0.1) is 17.4 Å². The fourth-order valence-electron chi connectivity index (χ4n) is 3.00. The first-order valence-corrected chi connectivity index (χ1v) is 10.2. The van der Waals surface area contributed by atoms with Crippen molar-refractivity contribution in [1.29, 1.82) is 0 Å². The second-order valence-electron chi connectivity index (χ2n) is 6.25. The van der Waals surface area contributed by atoms with Crippen molar-refractivity contribution in [2.24, 2.45) is 5.92 Å². The molecule has 1 saturated heterocycles. The third-order valence-electron chi connectivity index (χ3n) is 4.37. The summed E-state index contributed by atoms with van der Waals surface area (Å²) < 4.78 is 28.3. The van der Waals surface area contributed by atoms with Gasteiger partial charge in [0.2, 0.25) is 5.91 Å². The quantitative estimate of drug-likeness (QED) is 0.818. The van der Waals surface area contributed by atoms with Crippen LogP contribution in [0.3, 0.4) is 0 Å². The van der Waals surface area contributed by atoms with Gasteiger partial charge in [0.1, 0.15) is 5.75 Å². The largest absolute Gasteiger partial charge is 0.483 e. The van der Waals surface area contributed by atoms with Gasteiger partial charge in [-0.3, -0.25) is 9.59 Å². The molecule has 0 aliphatic carbocycles. The van der Waals surface area contributed by atoms with Gasteiger partial charge >= 0.3 is 0 Å². The molecule has 0 radical (unpaired) electrons. The summed E-state index contributed by atoms with van der Waals surface area (Å²) in [4.78, 5) is 25.8. The summed E-state index contributed by atoms with van der Waals surface area (Å²) in [6.07, 6.45) is 0.358. The van der Waals surface area contributed by atoms with E-state index in [4.69, 9.17) is 16.3 Å². The predicted octanol–water partition coefficient (Wildman–Crippen LogP) is 0.612. The lowest BCUT2D eigenvalue weighted by atomic mass is 10.1. The highest BCUT2D eigenvalue weighted by atomic mass is 35.5. The molecule has 2 heterocycles. The number of hydrogen-bond acceptors (Lipinski definition) is 5. The molecule has 7 nitrogen and oxygen atoms in total. The van der Waals surface area contributed by atoms with Crippen molar-refractivity contribution < 1.29 is 22.7 Å². The molecule has 0 aromatic heterocycles. The van der Waals surface area contributed by atoms with Crippen LogP contribution in [0, 0.1) is 5.92 Å². The number of benzene rings is 1. The lowest BCUT2D eigenvalue weighted by Gasteiger charge is -2.20. The molecule has 136 valence electrons. The smallest absolute Gasteiger partial charge is 0.260 e. The maximum Gasteiger partial charge on any atom is 0.260 e. The Labute approximate surface area is 151 Å². The highest BCUT2D eigenvalue weighted by Crippen LogP contribution is 2.26. The molecule has 25 heavy (non-hydrogen) atoms. The summed E-state index contributed by atoms with van der Waals surface area (Å²) >= 11 is 5.99. The SMILES string of the molecule is O=C(NCCN1Cc2cc(Cl)ccc2OCC1=O)C1CCS(=O)(=O)C1. The molecule has 1 N–H and O–H groups in total. The van der Waals surface area contributed by atoms with Gasteiger partial charge in [-0.25, -0.2) is 8.42 Å². The number of carbonyl (C=O) groups is 2. The minimum atomic E-state index is -3.09. The van der Waals surface area contributed by atoms with E-state index in [-0.39, 0.29) is 36.5 Å². The molecule has 1 fully saturated rings. The van der Waals surface area contributed by atoms with Crippen molar-refractivity contribution in [1.82, 2.24) is 10.2 Å². The van der Waals surface area contributed by atoms with Crippen molar-refractivity contribution in [2.75, 3.05) is 31.2 Å². The first kappa shape index (κ1) is 18.0. The van der Waals surface area contributed by atoms with Gasteiger partial charge in [-0.1, -0.05) is 11.6 Å². The van der Waals surface area contributed by atoms with Crippen LogP contribution >= 0.6 is 11.6 Å². The zero-order valence-electron chi connectivity index (χ0n) is 13.5. The van der Waals surface area contributed by atoms with Gasteiger partial charge in [-0.2, -0.15) is 0 Å². The van der Waals surface area contributed by atoms with Crippen molar-refractivity contribution in [3.63, 3.8) is 0 Å². The molecule has 2 aliphatic heterocycles. The third-order valence-corrected chi connectivity index (χ3v) is 6.37. The molecular formula is C16H19ClN2O5S. The number of carbonyl (C=O) groups excluding carboxylic acids is 2. The number of amides is 2. The molecule has 1 atom stereocenters. The molecule has 3 rings (SSSR count). The van der Waals surface area contributed by atoms with Crippen molar-refractivity contribution in [3.05, 3.63) is 28.8 Å². The Hall–Kier alpha value is -1.80. The second kappa shape index (κ2) is 7.21. The zero-order valence-corrected chi connectivity index (χ0v) is 15.1.